The van der Waals surface area contributed by atoms with Crippen LogP contribution in [0.25, 0.3) is 0 Å². The van der Waals surface area contributed by atoms with Crippen LogP contribution in [0.15, 0.2) is 44.0 Å². The maximum atomic E-state index is 13.0. The lowest BCUT2D eigenvalue weighted by Crippen LogP contribution is -2.45. The number of rotatable bonds is 8. The van der Waals surface area contributed by atoms with E-state index in [0.717, 1.165) is 22.7 Å². The van der Waals surface area contributed by atoms with E-state index in [1.165, 1.54) is 17.8 Å². The zero-order valence-electron chi connectivity index (χ0n) is 16.4. The lowest BCUT2D eigenvalue weighted by Gasteiger charge is -2.24. The van der Waals surface area contributed by atoms with E-state index in [1.807, 2.05) is 26.8 Å². The number of hydrogen-bond donors (Lipinski definition) is 1. The summed E-state index contributed by atoms with van der Waals surface area (Å²) in [6, 6.07) is 2.90. The Hall–Kier alpha value is -2.15. The van der Waals surface area contributed by atoms with E-state index in [-0.39, 0.29) is 11.9 Å². The lowest BCUT2D eigenvalue weighted by molar-refractivity contribution is -0.125. The first-order valence-corrected chi connectivity index (χ1v) is 10.0. The standard InChI is InChI=1S/C20H27N3O3S/c1-6-8-14-10-16(26-17(24)11-14)15(9-7-2)22-19(25)20(4)12-27-18(23-20)13(3)21-5/h6,10-11,15H,1,7-9,12H2,2-5H3,(H,22,25)/t15-,20?/m1/s1. The van der Waals surface area contributed by atoms with Gasteiger partial charge in [0.1, 0.15) is 16.3 Å². The van der Waals surface area contributed by atoms with E-state index in [0.29, 0.717) is 24.4 Å². The molecule has 0 saturated carbocycles. The Morgan fingerprint density at radius 3 is 2.93 bits per heavy atom. The topological polar surface area (TPSA) is 84.0 Å². The molecule has 146 valence electrons. The monoisotopic (exact) mass is 389 g/mol. The summed E-state index contributed by atoms with van der Waals surface area (Å²) in [4.78, 5) is 33.6. The molecule has 2 heterocycles. The predicted molar refractivity (Wildman–Crippen MR) is 112 cm³/mol. The van der Waals surface area contributed by atoms with Crippen molar-refractivity contribution in [3.63, 3.8) is 0 Å². The molecule has 1 N–H and O–H groups in total. The van der Waals surface area contributed by atoms with Gasteiger partial charge in [-0.25, -0.2) is 4.79 Å². The van der Waals surface area contributed by atoms with Gasteiger partial charge in [-0.05, 0) is 38.3 Å². The quantitative estimate of drug-likeness (QED) is 0.546. The van der Waals surface area contributed by atoms with Crippen molar-refractivity contribution in [3.8, 4) is 0 Å². The molecule has 1 amide bonds. The minimum absolute atomic E-state index is 0.177. The van der Waals surface area contributed by atoms with E-state index >= 15 is 0 Å². The normalized spacial score (nSPS) is 20.9. The van der Waals surface area contributed by atoms with Gasteiger partial charge in [-0.1, -0.05) is 19.4 Å². The fourth-order valence-electron chi connectivity index (χ4n) is 2.79. The summed E-state index contributed by atoms with van der Waals surface area (Å²) in [5.74, 6) is 0.851. The Labute approximate surface area is 164 Å². The summed E-state index contributed by atoms with van der Waals surface area (Å²) >= 11 is 1.53. The van der Waals surface area contributed by atoms with Crippen LogP contribution >= 0.6 is 11.8 Å². The third-order valence-electron chi connectivity index (χ3n) is 4.43. The second-order valence-corrected chi connectivity index (χ2v) is 7.75. The lowest BCUT2D eigenvalue weighted by atomic mass is 10.0. The molecule has 6 nitrogen and oxygen atoms in total. The van der Waals surface area contributed by atoms with E-state index in [2.05, 4.69) is 21.9 Å². The molecule has 0 fully saturated rings. The smallest absolute Gasteiger partial charge is 0.336 e. The number of thioether (sulfide) groups is 1. The summed E-state index contributed by atoms with van der Waals surface area (Å²) in [6.07, 6.45) is 3.81. The van der Waals surface area contributed by atoms with Gasteiger partial charge in [-0.2, -0.15) is 0 Å². The van der Waals surface area contributed by atoms with Gasteiger partial charge in [0, 0.05) is 18.9 Å². The molecular formula is C20H27N3O3S. The van der Waals surface area contributed by atoms with Gasteiger partial charge < -0.3 is 9.73 Å². The van der Waals surface area contributed by atoms with Crippen LogP contribution in [0.4, 0.5) is 0 Å². The van der Waals surface area contributed by atoms with Crippen LogP contribution in [0.1, 0.15) is 51.0 Å². The number of carbonyl (C=O) groups excluding carboxylic acids is 1. The second kappa shape index (κ2) is 9.17. The van der Waals surface area contributed by atoms with Crippen molar-refractivity contribution in [1.82, 2.24) is 5.32 Å². The maximum absolute atomic E-state index is 13.0. The number of aliphatic imine (C=N–C) groups is 2. The van der Waals surface area contributed by atoms with Gasteiger partial charge in [0.05, 0.1) is 11.8 Å². The number of hydrogen-bond acceptors (Lipinski definition) is 6. The highest BCUT2D eigenvalue weighted by molar-refractivity contribution is 8.16. The van der Waals surface area contributed by atoms with Crippen LogP contribution in [-0.4, -0.2) is 35.0 Å². The number of allylic oxidation sites excluding steroid dienone is 1. The van der Waals surface area contributed by atoms with Crippen LogP contribution in [0.5, 0.6) is 0 Å². The van der Waals surface area contributed by atoms with Crippen LogP contribution in [0.3, 0.4) is 0 Å². The molecule has 0 spiro atoms. The van der Waals surface area contributed by atoms with Crippen molar-refractivity contribution in [1.29, 1.82) is 0 Å². The Kier molecular flexibility index (Phi) is 7.18. The highest BCUT2D eigenvalue weighted by Crippen LogP contribution is 2.30. The average molecular weight is 390 g/mol. The predicted octanol–water partition coefficient (Wildman–Crippen LogP) is 3.32. The third kappa shape index (κ3) is 5.19. The van der Waals surface area contributed by atoms with Crippen molar-refractivity contribution in [3.05, 3.63) is 46.5 Å². The number of amides is 1. The highest BCUT2D eigenvalue weighted by Gasteiger charge is 2.39. The second-order valence-electron chi connectivity index (χ2n) is 6.78. The molecule has 0 aromatic carbocycles. The molecule has 7 heteroatoms. The number of carbonyl (C=O) groups is 1. The fraction of sp³-hybridized carbons (Fsp3) is 0.500. The van der Waals surface area contributed by atoms with Crippen molar-refractivity contribution >= 4 is 28.4 Å². The molecule has 1 unspecified atom stereocenters. The molecule has 2 rings (SSSR count). The minimum Gasteiger partial charge on any atom is -0.426 e. The molecule has 2 atom stereocenters. The Bertz CT molecular complexity index is 828. The largest absolute Gasteiger partial charge is 0.426 e. The number of nitrogens with zero attached hydrogens (tertiary/aromatic N) is 2. The average Bonchev–Trinajstić information content (AvgIpc) is 3.04. The van der Waals surface area contributed by atoms with Crippen LogP contribution in [0, 0.1) is 0 Å². The summed E-state index contributed by atoms with van der Waals surface area (Å²) < 4.78 is 5.39. The summed E-state index contributed by atoms with van der Waals surface area (Å²) in [6.45, 7) is 9.43. The van der Waals surface area contributed by atoms with E-state index < -0.39 is 11.2 Å². The van der Waals surface area contributed by atoms with Gasteiger partial charge in [0.2, 0.25) is 5.91 Å². The molecule has 1 aliphatic rings. The van der Waals surface area contributed by atoms with Gasteiger partial charge in [-0.3, -0.25) is 14.8 Å². The maximum Gasteiger partial charge on any atom is 0.336 e. The van der Waals surface area contributed by atoms with Crippen LogP contribution < -0.4 is 10.9 Å². The first kappa shape index (κ1) is 21.2. The third-order valence-corrected chi connectivity index (χ3v) is 5.79. The van der Waals surface area contributed by atoms with Gasteiger partial charge in [0.25, 0.3) is 0 Å². The SMILES string of the molecule is C=CCc1cc([C@@H](CCC)NC(=O)C2(C)CSC(C(C)=NC)=N2)oc(=O)c1. The molecular weight excluding hydrogens is 362 g/mol. The Morgan fingerprint density at radius 1 is 1.56 bits per heavy atom. The molecule has 0 bridgehead atoms. The van der Waals surface area contributed by atoms with E-state index in [1.54, 1.807) is 13.1 Å². The zero-order chi connectivity index (χ0) is 20.0. The van der Waals surface area contributed by atoms with Crippen molar-refractivity contribution < 1.29 is 9.21 Å². The highest BCUT2D eigenvalue weighted by atomic mass is 32.2. The van der Waals surface area contributed by atoms with E-state index in [4.69, 9.17) is 4.42 Å². The van der Waals surface area contributed by atoms with Gasteiger partial charge in [-0.15, -0.1) is 18.3 Å². The molecule has 0 radical (unpaired) electrons. The molecule has 0 saturated heterocycles. The first-order valence-electron chi connectivity index (χ1n) is 9.05. The molecule has 1 aliphatic heterocycles. The van der Waals surface area contributed by atoms with Gasteiger partial charge >= 0.3 is 5.63 Å². The molecule has 1 aromatic heterocycles. The Morgan fingerprint density at radius 2 is 2.30 bits per heavy atom. The van der Waals surface area contributed by atoms with Crippen molar-refractivity contribution in [2.75, 3.05) is 12.8 Å². The molecule has 1 aromatic rings. The molecule has 0 aliphatic carbocycles. The first-order chi connectivity index (χ1) is 12.8. The van der Waals surface area contributed by atoms with Crippen molar-refractivity contribution in [2.45, 2.75) is 51.6 Å². The fourth-order valence-corrected chi connectivity index (χ4v) is 3.97. The van der Waals surface area contributed by atoms with Crippen molar-refractivity contribution in [2.24, 2.45) is 9.98 Å². The minimum atomic E-state index is -0.864. The van der Waals surface area contributed by atoms with Gasteiger partial charge in [0.15, 0.2) is 0 Å². The van der Waals surface area contributed by atoms with Crippen LogP contribution in [0.2, 0.25) is 0 Å². The number of nitrogens with one attached hydrogen (secondary N) is 1. The Balaban J connectivity index is 2.26. The summed E-state index contributed by atoms with van der Waals surface area (Å²) in [7, 11) is 1.71. The summed E-state index contributed by atoms with van der Waals surface area (Å²) in [5, 5.41) is 3.83. The zero-order valence-corrected chi connectivity index (χ0v) is 17.2. The van der Waals surface area contributed by atoms with E-state index in [9.17, 15) is 9.59 Å². The summed E-state index contributed by atoms with van der Waals surface area (Å²) in [5.41, 5.74) is 0.364. The van der Waals surface area contributed by atoms with Crippen LogP contribution in [-0.2, 0) is 11.2 Å². The molecule has 27 heavy (non-hydrogen) atoms.